The lowest BCUT2D eigenvalue weighted by molar-refractivity contribution is -0.896. The minimum atomic E-state index is 0. The zero-order valence-corrected chi connectivity index (χ0v) is 14.5. The molecule has 2 heterocycles. The van der Waals surface area contributed by atoms with Gasteiger partial charge in [-0.1, -0.05) is 12.1 Å². The van der Waals surface area contributed by atoms with Crippen LogP contribution in [0.2, 0.25) is 0 Å². The van der Waals surface area contributed by atoms with Crippen molar-refractivity contribution in [3.8, 4) is 0 Å². The Morgan fingerprint density at radius 2 is 1.61 bits per heavy atom. The van der Waals surface area contributed by atoms with Crippen molar-refractivity contribution in [3.05, 3.63) is 52.9 Å². The van der Waals surface area contributed by atoms with Gasteiger partial charge in [0.1, 0.15) is 5.52 Å². The average Bonchev–Trinajstić information content (AvgIpc) is 3.04. The molecule has 0 unspecified atom stereocenters. The van der Waals surface area contributed by atoms with E-state index in [4.69, 9.17) is 0 Å². The number of quaternary nitrogens is 1. The number of fused-ring (bicyclic) bond motifs is 3. The Hall–Kier alpha value is -1.78. The largest absolute Gasteiger partial charge is 1.00 e. The monoisotopic (exact) mass is 333 g/mol. The molecular weight excluding hydrogens is 310 g/mol. The number of hydrogen-bond donors (Lipinski definition) is 1. The summed E-state index contributed by atoms with van der Waals surface area (Å²) < 4.78 is 3.93. The predicted molar refractivity (Wildman–Crippen MR) is 90.7 cm³/mol. The standard InChI is InChI=1S/C18H23N3O.ClH/c1-3-19(4-2)12-8-14-21-16-10-6-5-9-15(16)20-13-7-11-17(20)18(21)22;/h5-7,9-11,13H,3-4,8,12,14H2,1-2H3;1H. The third kappa shape index (κ3) is 3.28. The highest BCUT2D eigenvalue weighted by Gasteiger charge is 2.10. The van der Waals surface area contributed by atoms with E-state index in [9.17, 15) is 4.79 Å². The van der Waals surface area contributed by atoms with Gasteiger partial charge in [0, 0.05) is 19.2 Å². The van der Waals surface area contributed by atoms with Gasteiger partial charge in [-0.05, 0) is 38.1 Å². The third-order valence-electron chi connectivity index (χ3n) is 4.56. The Kier molecular flexibility index (Phi) is 5.85. The summed E-state index contributed by atoms with van der Waals surface area (Å²) in [5.41, 5.74) is 2.98. The second-order valence-electron chi connectivity index (χ2n) is 5.77. The normalized spacial score (nSPS) is 11.3. The molecule has 0 aliphatic rings. The summed E-state index contributed by atoms with van der Waals surface area (Å²) in [7, 11) is 0. The van der Waals surface area contributed by atoms with Gasteiger partial charge < -0.3 is 26.3 Å². The smallest absolute Gasteiger partial charge is 0.275 e. The Balaban J connectivity index is 0.00000192. The van der Waals surface area contributed by atoms with Crippen molar-refractivity contribution in [2.45, 2.75) is 26.8 Å². The maximum Gasteiger partial charge on any atom is 0.275 e. The first kappa shape index (κ1) is 17.6. The van der Waals surface area contributed by atoms with E-state index in [1.165, 1.54) is 0 Å². The van der Waals surface area contributed by atoms with Gasteiger partial charge in [0.2, 0.25) is 0 Å². The van der Waals surface area contributed by atoms with Crippen molar-refractivity contribution < 1.29 is 17.3 Å². The average molecular weight is 334 g/mol. The van der Waals surface area contributed by atoms with Gasteiger partial charge in [-0.2, -0.15) is 0 Å². The van der Waals surface area contributed by atoms with Crippen molar-refractivity contribution in [3.63, 3.8) is 0 Å². The van der Waals surface area contributed by atoms with Crippen LogP contribution in [0, 0.1) is 0 Å². The van der Waals surface area contributed by atoms with Crippen LogP contribution in [0.4, 0.5) is 0 Å². The molecule has 2 aromatic heterocycles. The molecule has 0 saturated carbocycles. The van der Waals surface area contributed by atoms with Gasteiger partial charge in [0.25, 0.3) is 5.56 Å². The molecule has 5 heteroatoms. The molecule has 124 valence electrons. The number of aryl methyl sites for hydroxylation is 1. The molecule has 0 aliphatic heterocycles. The van der Waals surface area contributed by atoms with Crippen LogP contribution in [0.5, 0.6) is 0 Å². The first-order valence-corrected chi connectivity index (χ1v) is 8.18. The number of hydrogen-bond acceptors (Lipinski definition) is 1. The van der Waals surface area contributed by atoms with Crippen LogP contribution in [-0.2, 0) is 6.54 Å². The van der Waals surface area contributed by atoms with Crippen LogP contribution >= 0.6 is 0 Å². The Labute approximate surface area is 142 Å². The number of para-hydroxylation sites is 2. The molecule has 0 spiro atoms. The quantitative estimate of drug-likeness (QED) is 0.589. The molecule has 0 fully saturated rings. The minimum Gasteiger partial charge on any atom is -1.00 e. The van der Waals surface area contributed by atoms with Crippen molar-refractivity contribution in [2.75, 3.05) is 19.6 Å². The Bertz CT molecular complexity index is 833. The highest BCUT2D eigenvalue weighted by molar-refractivity contribution is 5.78. The van der Waals surface area contributed by atoms with E-state index in [1.807, 2.05) is 45.5 Å². The van der Waals surface area contributed by atoms with Gasteiger partial charge in [0.15, 0.2) is 0 Å². The van der Waals surface area contributed by atoms with Crippen LogP contribution in [0.1, 0.15) is 20.3 Å². The van der Waals surface area contributed by atoms with E-state index < -0.39 is 0 Å². The lowest BCUT2D eigenvalue weighted by Gasteiger charge is -2.17. The molecule has 3 rings (SSSR count). The van der Waals surface area contributed by atoms with Crippen molar-refractivity contribution >= 4 is 16.6 Å². The highest BCUT2D eigenvalue weighted by atomic mass is 35.5. The van der Waals surface area contributed by atoms with E-state index in [0.29, 0.717) is 0 Å². The zero-order chi connectivity index (χ0) is 15.5. The SMILES string of the molecule is CC[NH+](CC)CCCn1c(=O)c2cccn2c2ccccc21.[Cl-]. The Morgan fingerprint density at radius 3 is 2.30 bits per heavy atom. The highest BCUT2D eigenvalue weighted by Crippen LogP contribution is 2.15. The molecular formula is C18H24ClN3O. The lowest BCUT2D eigenvalue weighted by Crippen LogP contribution is -3.11. The Morgan fingerprint density at radius 1 is 0.957 bits per heavy atom. The van der Waals surface area contributed by atoms with E-state index in [0.717, 1.165) is 49.1 Å². The molecule has 0 saturated heterocycles. The second-order valence-corrected chi connectivity index (χ2v) is 5.77. The molecule has 1 N–H and O–H groups in total. The molecule has 4 nitrogen and oxygen atoms in total. The molecule has 0 bridgehead atoms. The molecule has 0 atom stereocenters. The molecule has 23 heavy (non-hydrogen) atoms. The van der Waals surface area contributed by atoms with E-state index >= 15 is 0 Å². The summed E-state index contributed by atoms with van der Waals surface area (Å²) in [6, 6.07) is 12.0. The fourth-order valence-corrected chi connectivity index (χ4v) is 3.22. The molecule has 0 radical (unpaired) electrons. The summed E-state index contributed by atoms with van der Waals surface area (Å²) >= 11 is 0. The number of nitrogens with zero attached hydrogens (tertiary/aromatic N) is 2. The second kappa shape index (κ2) is 7.66. The minimum absolute atomic E-state index is 0. The summed E-state index contributed by atoms with van der Waals surface area (Å²) in [5.74, 6) is 0. The van der Waals surface area contributed by atoms with Gasteiger partial charge in [-0.15, -0.1) is 0 Å². The van der Waals surface area contributed by atoms with Crippen molar-refractivity contribution in [1.82, 2.24) is 8.97 Å². The van der Waals surface area contributed by atoms with Gasteiger partial charge >= 0.3 is 0 Å². The fraction of sp³-hybridized carbons (Fsp3) is 0.389. The van der Waals surface area contributed by atoms with Gasteiger partial charge in [0.05, 0.1) is 30.7 Å². The van der Waals surface area contributed by atoms with Crippen LogP contribution in [0.25, 0.3) is 16.6 Å². The van der Waals surface area contributed by atoms with Gasteiger partial charge in [-0.25, -0.2) is 0 Å². The van der Waals surface area contributed by atoms with Crippen molar-refractivity contribution in [2.24, 2.45) is 0 Å². The number of benzene rings is 1. The van der Waals surface area contributed by atoms with Crippen LogP contribution in [-0.4, -0.2) is 28.6 Å². The first-order valence-electron chi connectivity index (χ1n) is 8.18. The number of halogens is 1. The molecule has 3 aromatic rings. The molecule has 0 aliphatic carbocycles. The first-order chi connectivity index (χ1) is 10.8. The maximum absolute atomic E-state index is 12.8. The zero-order valence-electron chi connectivity index (χ0n) is 13.8. The van der Waals surface area contributed by atoms with E-state index in [1.54, 1.807) is 4.90 Å². The fourth-order valence-electron chi connectivity index (χ4n) is 3.22. The van der Waals surface area contributed by atoms with Crippen LogP contribution in [0.3, 0.4) is 0 Å². The summed E-state index contributed by atoms with van der Waals surface area (Å²) in [6.45, 7) is 8.61. The lowest BCUT2D eigenvalue weighted by atomic mass is 10.2. The van der Waals surface area contributed by atoms with Crippen molar-refractivity contribution in [1.29, 1.82) is 0 Å². The topological polar surface area (TPSA) is 30.9 Å². The van der Waals surface area contributed by atoms with Crippen LogP contribution in [0.15, 0.2) is 47.4 Å². The molecule has 0 amide bonds. The molecule has 1 aromatic carbocycles. The number of nitrogens with one attached hydrogen (secondary N) is 1. The summed E-state index contributed by atoms with van der Waals surface area (Å²) in [4.78, 5) is 14.3. The van der Waals surface area contributed by atoms with Crippen LogP contribution < -0.4 is 22.9 Å². The van der Waals surface area contributed by atoms with E-state index in [-0.39, 0.29) is 18.0 Å². The summed E-state index contributed by atoms with van der Waals surface area (Å²) in [6.07, 6.45) is 2.99. The van der Waals surface area contributed by atoms with E-state index in [2.05, 4.69) is 19.9 Å². The number of rotatable bonds is 6. The predicted octanol–water partition coefficient (Wildman–Crippen LogP) is -1.43. The van der Waals surface area contributed by atoms with Gasteiger partial charge in [-0.3, -0.25) is 4.79 Å². The third-order valence-corrected chi connectivity index (χ3v) is 4.56. The maximum atomic E-state index is 12.8. The number of aromatic nitrogens is 2. The summed E-state index contributed by atoms with van der Waals surface area (Å²) in [5, 5.41) is 0.